The van der Waals surface area contributed by atoms with Crippen LogP contribution in [0.3, 0.4) is 0 Å². The van der Waals surface area contributed by atoms with Gasteiger partial charge in [0, 0.05) is 12.5 Å². The lowest BCUT2D eigenvalue weighted by molar-refractivity contribution is -0.136. The van der Waals surface area contributed by atoms with Crippen LogP contribution in [0.1, 0.15) is 12.8 Å². The maximum atomic E-state index is 11.8. The second-order valence-electron chi connectivity index (χ2n) is 3.44. The first-order valence-corrected chi connectivity index (χ1v) is 6.41. The summed E-state index contributed by atoms with van der Waals surface area (Å²) in [5.74, 6) is 0.0459. The van der Waals surface area contributed by atoms with Gasteiger partial charge in [0.15, 0.2) is 0 Å². The first kappa shape index (κ1) is 14.7. The topological polar surface area (TPSA) is 82.3 Å². The Hall–Kier alpha value is -1.35. The van der Waals surface area contributed by atoms with Crippen molar-refractivity contribution in [3.05, 3.63) is 18.3 Å². The molecule has 9 heteroatoms. The summed E-state index contributed by atoms with van der Waals surface area (Å²) >= 11 is 0. The van der Waals surface area contributed by atoms with E-state index in [2.05, 4.69) is 4.98 Å². The first-order valence-electron chi connectivity index (χ1n) is 4.87. The molecular formula is C9H11F3N2O3S. The second-order valence-corrected chi connectivity index (χ2v) is 5.01. The predicted molar refractivity (Wildman–Crippen MR) is 56.4 cm³/mol. The van der Waals surface area contributed by atoms with Gasteiger partial charge in [0.2, 0.25) is 15.9 Å². The normalized spacial score (nSPS) is 12.4. The number of pyridine rings is 1. The zero-order chi connectivity index (χ0) is 13.8. The Kier molecular flexibility index (Phi) is 4.52. The van der Waals surface area contributed by atoms with Crippen molar-refractivity contribution in [3.8, 4) is 5.88 Å². The van der Waals surface area contributed by atoms with E-state index >= 15 is 0 Å². The Balaban J connectivity index is 2.45. The highest BCUT2D eigenvalue weighted by Crippen LogP contribution is 2.21. The van der Waals surface area contributed by atoms with Crippen molar-refractivity contribution in [3.63, 3.8) is 0 Å². The van der Waals surface area contributed by atoms with Crippen LogP contribution in [0.5, 0.6) is 5.88 Å². The molecule has 0 saturated heterocycles. The lowest BCUT2D eigenvalue weighted by atomic mass is 10.3. The van der Waals surface area contributed by atoms with Gasteiger partial charge in [0.05, 0.1) is 12.8 Å². The number of aromatic nitrogens is 1. The third-order valence-electron chi connectivity index (χ3n) is 1.89. The van der Waals surface area contributed by atoms with Gasteiger partial charge in [-0.2, -0.15) is 13.2 Å². The molecule has 0 fully saturated rings. The van der Waals surface area contributed by atoms with Crippen LogP contribution in [0.2, 0.25) is 0 Å². The smallest absolute Gasteiger partial charge is 0.389 e. The summed E-state index contributed by atoms with van der Waals surface area (Å²) in [5, 5.41) is 4.84. The molecule has 1 aromatic rings. The standard InChI is InChI=1S/C9H11F3N2O3S/c10-9(11,12)4-1-5-17-8-3-2-7(6-14-8)18(13,15)16/h2-3,6H,1,4-5H2,(H2,13,15,16). The highest BCUT2D eigenvalue weighted by Gasteiger charge is 2.26. The van der Waals surface area contributed by atoms with Crippen LogP contribution in [0.15, 0.2) is 23.2 Å². The largest absolute Gasteiger partial charge is 0.478 e. The molecule has 1 heterocycles. The Labute approximate surface area is 102 Å². The molecule has 0 aliphatic heterocycles. The van der Waals surface area contributed by atoms with Gasteiger partial charge < -0.3 is 4.74 Å². The number of nitrogens with zero attached hydrogens (tertiary/aromatic N) is 1. The minimum atomic E-state index is -4.21. The van der Waals surface area contributed by atoms with E-state index in [4.69, 9.17) is 9.88 Å². The van der Waals surface area contributed by atoms with E-state index in [1.165, 1.54) is 12.1 Å². The summed E-state index contributed by atoms with van der Waals surface area (Å²) in [5.41, 5.74) is 0. The monoisotopic (exact) mass is 284 g/mol. The number of sulfonamides is 1. The third kappa shape index (κ3) is 5.32. The van der Waals surface area contributed by atoms with Gasteiger partial charge in [-0.1, -0.05) is 0 Å². The number of hydrogen-bond acceptors (Lipinski definition) is 4. The summed E-state index contributed by atoms with van der Waals surface area (Å²) in [6, 6.07) is 2.40. The molecule has 1 rings (SSSR count). The molecule has 0 aromatic carbocycles. The fourth-order valence-corrected chi connectivity index (χ4v) is 1.53. The highest BCUT2D eigenvalue weighted by molar-refractivity contribution is 7.89. The Morgan fingerprint density at radius 2 is 2.00 bits per heavy atom. The summed E-state index contributed by atoms with van der Waals surface area (Å²) in [4.78, 5) is 3.43. The number of nitrogens with two attached hydrogens (primary N) is 1. The SMILES string of the molecule is NS(=O)(=O)c1ccc(OCCCC(F)(F)F)nc1. The number of primary sulfonamides is 1. The van der Waals surface area contributed by atoms with Crippen molar-refractivity contribution < 1.29 is 26.3 Å². The predicted octanol–water partition coefficient (Wildman–Crippen LogP) is 1.45. The zero-order valence-electron chi connectivity index (χ0n) is 9.14. The fourth-order valence-electron chi connectivity index (χ4n) is 1.07. The number of hydrogen-bond donors (Lipinski definition) is 1. The molecule has 0 unspecified atom stereocenters. The van der Waals surface area contributed by atoms with Gasteiger partial charge in [-0.05, 0) is 12.5 Å². The molecule has 0 aliphatic carbocycles. The summed E-state index contributed by atoms with van der Waals surface area (Å²) in [7, 11) is -3.83. The van der Waals surface area contributed by atoms with E-state index in [1.807, 2.05) is 0 Å². The minimum Gasteiger partial charge on any atom is -0.478 e. The maximum Gasteiger partial charge on any atom is 0.389 e. The Morgan fingerprint density at radius 1 is 1.33 bits per heavy atom. The Bertz CT molecular complexity index is 485. The van der Waals surface area contributed by atoms with E-state index in [9.17, 15) is 21.6 Å². The van der Waals surface area contributed by atoms with Crippen molar-refractivity contribution in [1.82, 2.24) is 4.98 Å². The molecule has 0 spiro atoms. The molecule has 1 aromatic heterocycles. The van der Waals surface area contributed by atoms with Crippen LogP contribution in [-0.4, -0.2) is 26.2 Å². The number of alkyl halides is 3. The fraction of sp³-hybridized carbons (Fsp3) is 0.444. The second kappa shape index (κ2) is 5.53. The Morgan fingerprint density at radius 3 is 2.44 bits per heavy atom. The molecule has 0 atom stereocenters. The number of halogens is 3. The molecule has 102 valence electrons. The van der Waals surface area contributed by atoms with E-state index in [1.54, 1.807) is 0 Å². The average Bonchev–Trinajstić information content (AvgIpc) is 2.22. The van der Waals surface area contributed by atoms with E-state index in [-0.39, 0.29) is 23.8 Å². The molecule has 2 N–H and O–H groups in total. The molecule has 0 radical (unpaired) electrons. The van der Waals surface area contributed by atoms with E-state index in [0.29, 0.717) is 0 Å². The van der Waals surface area contributed by atoms with Gasteiger partial charge >= 0.3 is 6.18 Å². The number of rotatable bonds is 5. The molecule has 5 nitrogen and oxygen atoms in total. The first-order chi connectivity index (χ1) is 8.18. The van der Waals surface area contributed by atoms with Gasteiger partial charge in [-0.25, -0.2) is 18.5 Å². The lowest BCUT2D eigenvalue weighted by Gasteiger charge is -2.07. The molecule has 0 amide bonds. The van der Waals surface area contributed by atoms with E-state index in [0.717, 1.165) is 6.20 Å². The molecule has 0 aliphatic rings. The van der Waals surface area contributed by atoms with Crippen molar-refractivity contribution in [2.75, 3.05) is 6.61 Å². The van der Waals surface area contributed by atoms with Crippen molar-refractivity contribution in [1.29, 1.82) is 0 Å². The summed E-state index contributed by atoms with van der Waals surface area (Å²) in [6.45, 7) is -0.152. The van der Waals surface area contributed by atoms with Crippen LogP contribution in [-0.2, 0) is 10.0 Å². The van der Waals surface area contributed by atoms with Crippen LogP contribution in [0, 0.1) is 0 Å². The van der Waals surface area contributed by atoms with Crippen molar-refractivity contribution >= 4 is 10.0 Å². The molecular weight excluding hydrogens is 273 g/mol. The summed E-state index contributed by atoms with van der Waals surface area (Å²) in [6.07, 6.45) is -4.37. The van der Waals surface area contributed by atoms with Crippen LogP contribution in [0.4, 0.5) is 13.2 Å². The maximum absolute atomic E-state index is 11.8. The van der Waals surface area contributed by atoms with Gasteiger partial charge in [-0.3, -0.25) is 0 Å². The van der Waals surface area contributed by atoms with E-state index < -0.39 is 22.6 Å². The quantitative estimate of drug-likeness (QED) is 0.830. The van der Waals surface area contributed by atoms with Crippen molar-refractivity contribution in [2.45, 2.75) is 23.9 Å². The van der Waals surface area contributed by atoms with Crippen LogP contribution in [0.25, 0.3) is 0 Å². The van der Waals surface area contributed by atoms with Crippen molar-refractivity contribution in [2.24, 2.45) is 5.14 Å². The molecule has 18 heavy (non-hydrogen) atoms. The summed E-state index contributed by atoms with van der Waals surface area (Å²) < 4.78 is 62.1. The number of ether oxygens (including phenoxy) is 1. The molecule has 0 saturated carbocycles. The third-order valence-corrected chi connectivity index (χ3v) is 2.79. The minimum absolute atomic E-state index is 0.0459. The highest BCUT2D eigenvalue weighted by atomic mass is 32.2. The zero-order valence-corrected chi connectivity index (χ0v) is 9.96. The van der Waals surface area contributed by atoms with Crippen LogP contribution >= 0.6 is 0 Å². The van der Waals surface area contributed by atoms with Gasteiger partial charge in [-0.15, -0.1) is 0 Å². The van der Waals surface area contributed by atoms with Gasteiger partial charge in [0.1, 0.15) is 4.90 Å². The van der Waals surface area contributed by atoms with Gasteiger partial charge in [0.25, 0.3) is 0 Å². The molecule has 0 bridgehead atoms. The van der Waals surface area contributed by atoms with Crippen LogP contribution < -0.4 is 9.88 Å². The lowest BCUT2D eigenvalue weighted by Crippen LogP contribution is -2.13. The average molecular weight is 284 g/mol.